The van der Waals surface area contributed by atoms with Crippen LogP contribution in [0.15, 0.2) is 0 Å². The number of primary amides is 1. The van der Waals surface area contributed by atoms with Gasteiger partial charge in [0.05, 0.1) is 5.54 Å². The summed E-state index contributed by atoms with van der Waals surface area (Å²) in [5.41, 5.74) is 5.57. The third-order valence-electron chi connectivity index (χ3n) is 5.00. The molecule has 1 saturated heterocycles. The minimum atomic E-state index is -0.518. The molecule has 2 aliphatic rings. The van der Waals surface area contributed by atoms with Crippen LogP contribution in [0.25, 0.3) is 0 Å². The van der Waals surface area contributed by atoms with Crippen LogP contribution in [0.5, 0.6) is 0 Å². The van der Waals surface area contributed by atoms with Crippen LogP contribution in [0.1, 0.15) is 59.3 Å². The molecule has 1 atom stereocenters. The molecular weight excluding hydrogens is 250 g/mol. The van der Waals surface area contributed by atoms with E-state index in [-0.39, 0.29) is 5.91 Å². The molecule has 116 valence electrons. The number of hydrogen-bond acceptors (Lipinski definition) is 3. The largest absolute Gasteiger partial charge is 0.368 e. The van der Waals surface area contributed by atoms with Crippen molar-refractivity contribution in [3.05, 3.63) is 0 Å². The Morgan fingerprint density at radius 3 is 2.45 bits per heavy atom. The molecule has 2 fully saturated rings. The molecule has 0 aromatic rings. The number of carbonyl (C=O) groups is 1. The lowest BCUT2D eigenvalue weighted by atomic mass is 9.82. The van der Waals surface area contributed by atoms with E-state index in [0.717, 1.165) is 19.4 Å². The molecule has 1 saturated carbocycles. The molecule has 1 aliphatic heterocycles. The summed E-state index contributed by atoms with van der Waals surface area (Å²) in [6, 6.07) is 0.517. The Balaban J connectivity index is 1.72. The summed E-state index contributed by atoms with van der Waals surface area (Å²) in [5.74, 6) is -0.204. The van der Waals surface area contributed by atoms with Crippen molar-refractivity contribution >= 4 is 5.91 Å². The number of nitrogens with two attached hydrogens (primary N) is 1. The highest BCUT2D eigenvalue weighted by Gasteiger charge is 2.36. The fraction of sp³-hybridized carbons (Fsp3) is 0.938. The van der Waals surface area contributed by atoms with Gasteiger partial charge in [0.25, 0.3) is 0 Å². The monoisotopic (exact) mass is 281 g/mol. The molecule has 1 amide bonds. The summed E-state index contributed by atoms with van der Waals surface area (Å²) in [6.45, 7) is 10.1. The normalized spacial score (nSPS) is 26.1. The van der Waals surface area contributed by atoms with Gasteiger partial charge in [-0.25, -0.2) is 0 Å². The van der Waals surface area contributed by atoms with E-state index >= 15 is 0 Å². The van der Waals surface area contributed by atoms with Gasteiger partial charge in [-0.05, 0) is 70.5 Å². The smallest absolute Gasteiger partial charge is 0.237 e. The van der Waals surface area contributed by atoms with Crippen molar-refractivity contribution in [2.24, 2.45) is 11.1 Å². The van der Waals surface area contributed by atoms with Crippen molar-refractivity contribution in [3.63, 3.8) is 0 Å². The molecule has 3 N–H and O–H groups in total. The second-order valence-electron chi connectivity index (χ2n) is 7.72. The number of nitrogens with one attached hydrogen (secondary N) is 1. The number of amides is 1. The van der Waals surface area contributed by atoms with Gasteiger partial charge in [0.15, 0.2) is 0 Å². The maximum absolute atomic E-state index is 11.7. The van der Waals surface area contributed by atoms with Gasteiger partial charge in [-0.2, -0.15) is 0 Å². The summed E-state index contributed by atoms with van der Waals surface area (Å²) < 4.78 is 0. The molecule has 2 rings (SSSR count). The van der Waals surface area contributed by atoms with Crippen LogP contribution < -0.4 is 11.1 Å². The van der Waals surface area contributed by atoms with Crippen molar-refractivity contribution in [1.29, 1.82) is 0 Å². The van der Waals surface area contributed by atoms with Gasteiger partial charge in [-0.3, -0.25) is 4.79 Å². The Bertz CT molecular complexity index is 342. The molecule has 4 nitrogen and oxygen atoms in total. The van der Waals surface area contributed by atoms with E-state index < -0.39 is 5.54 Å². The van der Waals surface area contributed by atoms with Crippen LogP contribution in [0.2, 0.25) is 0 Å². The van der Waals surface area contributed by atoms with Crippen LogP contribution in [0.3, 0.4) is 0 Å². The first-order valence-electron chi connectivity index (χ1n) is 8.11. The van der Waals surface area contributed by atoms with Crippen molar-refractivity contribution < 1.29 is 4.79 Å². The molecule has 0 aromatic heterocycles. The fourth-order valence-electron chi connectivity index (χ4n) is 2.98. The molecule has 1 aliphatic carbocycles. The van der Waals surface area contributed by atoms with Gasteiger partial charge in [-0.15, -0.1) is 0 Å². The number of piperidine rings is 1. The fourth-order valence-corrected chi connectivity index (χ4v) is 2.98. The summed E-state index contributed by atoms with van der Waals surface area (Å²) in [6.07, 6.45) is 6.81. The van der Waals surface area contributed by atoms with Gasteiger partial charge in [0.2, 0.25) is 5.91 Å². The second-order valence-corrected chi connectivity index (χ2v) is 7.72. The predicted molar refractivity (Wildman–Crippen MR) is 82.4 cm³/mol. The maximum Gasteiger partial charge on any atom is 0.237 e. The quantitative estimate of drug-likeness (QED) is 0.749. The molecular formula is C16H31N3O. The van der Waals surface area contributed by atoms with Crippen molar-refractivity contribution in [1.82, 2.24) is 10.2 Å². The topological polar surface area (TPSA) is 58.4 Å². The van der Waals surface area contributed by atoms with Crippen molar-refractivity contribution in [2.75, 3.05) is 19.6 Å². The Morgan fingerprint density at radius 2 is 1.95 bits per heavy atom. The van der Waals surface area contributed by atoms with Crippen LogP contribution in [-0.2, 0) is 4.79 Å². The van der Waals surface area contributed by atoms with E-state index in [2.05, 4.69) is 24.1 Å². The van der Waals surface area contributed by atoms with Crippen LogP contribution in [0, 0.1) is 5.41 Å². The molecule has 0 aromatic carbocycles. The average Bonchev–Trinajstić information content (AvgIpc) is 3.15. The number of likely N-dealkylation sites (tertiary alicyclic amines) is 1. The molecule has 1 unspecified atom stereocenters. The van der Waals surface area contributed by atoms with Crippen LogP contribution in [0.4, 0.5) is 0 Å². The zero-order chi connectivity index (χ0) is 14.8. The molecule has 0 spiro atoms. The standard InChI is InChI=1S/C16H31N3O/c1-15(2)8-11-19(12-9-15)10-4-7-16(3,14(17)20)18-13-5-6-13/h13,18H,4-12H2,1-3H3,(H2,17,20). The third-order valence-corrected chi connectivity index (χ3v) is 5.00. The van der Waals surface area contributed by atoms with E-state index in [4.69, 9.17) is 5.73 Å². The lowest BCUT2D eigenvalue weighted by Crippen LogP contribution is -2.54. The van der Waals surface area contributed by atoms with Crippen molar-refractivity contribution in [2.45, 2.75) is 70.9 Å². The van der Waals surface area contributed by atoms with E-state index in [1.807, 2.05) is 6.92 Å². The van der Waals surface area contributed by atoms with Gasteiger partial charge < -0.3 is 16.0 Å². The number of rotatable bonds is 7. The lowest BCUT2D eigenvalue weighted by Gasteiger charge is -2.37. The summed E-state index contributed by atoms with van der Waals surface area (Å²) in [7, 11) is 0. The first-order valence-corrected chi connectivity index (χ1v) is 8.11. The van der Waals surface area contributed by atoms with E-state index in [1.54, 1.807) is 0 Å². The van der Waals surface area contributed by atoms with Gasteiger partial charge in [-0.1, -0.05) is 13.8 Å². The Labute approximate surface area is 123 Å². The SMILES string of the molecule is CC1(C)CCN(CCCC(C)(NC2CC2)C(N)=O)CC1. The Hall–Kier alpha value is -0.610. The van der Waals surface area contributed by atoms with Gasteiger partial charge in [0, 0.05) is 6.04 Å². The second kappa shape index (κ2) is 6.02. The first-order chi connectivity index (χ1) is 9.31. The summed E-state index contributed by atoms with van der Waals surface area (Å²) in [4.78, 5) is 14.2. The highest BCUT2D eigenvalue weighted by Crippen LogP contribution is 2.30. The minimum absolute atomic E-state index is 0.204. The van der Waals surface area contributed by atoms with Gasteiger partial charge in [0.1, 0.15) is 0 Å². The molecule has 4 heteroatoms. The zero-order valence-electron chi connectivity index (χ0n) is 13.4. The summed E-state index contributed by atoms with van der Waals surface area (Å²) in [5, 5.41) is 3.42. The van der Waals surface area contributed by atoms with Gasteiger partial charge >= 0.3 is 0 Å². The number of carbonyl (C=O) groups excluding carboxylic acids is 1. The predicted octanol–water partition coefficient (Wildman–Crippen LogP) is 1.88. The van der Waals surface area contributed by atoms with E-state index in [9.17, 15) is 4.79 Å². The zero-order valence-corrected chi connectivity index (χ0v) is 13.4. The van der Waals surface area contributed by atoms with Crippen LogP contribution in [-0.4, -0.2) is 42.0 Å². The third kappa shape index (κ3) is 4.45. The Morgan fingerprint density at radius 1 is 1.35 bits per heavy atom. The number of hydrogen-bond donors (Lipinski definition) is 2. The Kier molecular flexibility index (Phi) is 4.75. The molecule has 1 heterocycles. The highest BCUT2D eigenvalue weighted by atomic mass is 16.1. The highest BCUT2D eigenvalue weighted by molar-refractivity contribution is 5.84. The number of nitrogens with zero attached hydrogens (tertiary/aromatic N) is 1. The minimum Gasteiger partial charge on any atom is -0.368 e. The average molecular weight is 281 g/mol. The summed E-state index contributed by atoms with van der Waals surface area (Å²) >= 11 is 0. The van der Waals surface area contributed by atoms with Crippen LogP contribution >= 0.6 is 0 Å². The maximum atomic E-state index is 11.7. The van der Waals surface area contributed by atoms with Crippen molar-refractivity contribution in [3.8, 4) is 0 Å². The first kappa shape index (κ1) is 15.8. The molecule has 0 radical (unpaired) electrons. The van der Waals surface area contributed by atoms with E-state index in [1.165, 1.54) is 38.8 Å². The molecule has 20 heavy (non-hydrogen) atoms. The van der Waals surface area contributed by atoms with E-state index in [0.29, 0.717) is 11.5 Å². The molecule has 0 bridgehead atoms. The lowest BCUT2D eigenvalue weighted by molar-refractivity contribution is -0.124.